The summed E-state index contributed by atoms with van der Waals surface area (Å²) in [5.41, 5.74) is 0.584. The maximum absolute atomic E-state index is 13.1. The van der Waals surface area contributed by atoms with Crippen molar-refractivity contribution in [1.29, 1.82) is 0 Å². The summed E-state index contributed by atoms with van der Waals surface area (Å²) in [6, 6.07) is 3.45. The zero-order chi connectivity index (χ0) is 14.9. The molecule has 108 valence electrons. The van der Waals surface area contributed by atoms with Crippen molar-refractivity contribution in [2.24, 2.45) is 0 Å². The molecule has 0 aromatic heterocycles. The summed E-state index contributed by atoms with van der Waals surface area (Å²) in [6.07, 6.45) is -0.344. The molecular formula is C14H17FN2O3. The van der Waals surface area contributed by atoms with Gasteiger partial charge in [0.05, 0.1) is 0 Å². The fourth-order valence-corrected chi connectivity index (χ4v) is 1.94. The molecule has 0 radical (unpaired) electrons. The number of rotatable bonds is 1. The zero-order valence-corrected chi connectivity index (χ0v) is 11.6. The summed E-state index contributed by atoms with van der Waals surface area (Å²) in [5.74, 6) is -0.795. The van der Waals surface area contributed by atoms with Gasteiger partial charge in [0.25, 0.3) is 0 Å². The second-order valence-corrected chi connectivity index (χ2v) is 5.69. The summed E-state index contributed by atoms with van der Waals surface area (Å²) >= 11 is 0. The normalized spacial score (nSPS) is 18.0. The highest BCUT2D eigenvalue weighted by Crippen LogP contribution is 2.23. The van der Waals surface area contributed by atoms with Gasteiger partial charge in [0.2, 0.25) is 5.91 Å². The number of ether oxygens (including phenoxy) is 1. The van der Waals surface area contributed by atoms with Crippen LogP contribution in [0.5, 0.6) is 0 Å². The van der Waals surface area contributed by atoms with E-state index in [0.29, 0.717) is 12.1 Å². The number of hydrogen-bond donors (Lipinski definition) is 2. The molecule has 1 aromatic carbocycles. The van der Waals surface area contributed by atoms with Gasteiger partial charge >= 0.3 is 6.09 Å². The second-order valence-electron chi connectivity index (χ2n) is 5.69. The van der Waals surface area contributed by atoms with Crippen LogP contribution < -0.4 is 10.6 Å². The molecule has 0 fully saturated rings. The minimum atomic E-state index is -0.720. The van der Waals surface area contributed by atoms with Gasteiger partial charge in [-0.3, -0.25) is 4.79 Å². The Morgan fingerprint density at radius 3 is 2.80 bits per heavy atom. The maximum Gasteiger partial charge on any atom is 0.408 e. The van der Waals surface area contributed by atoms with Crippen LogP contribution in [-0.4, -0.2) is 23.6 Å². The number of hydrogen-bond acceptors (Lipinski definition) is 3. The van der Waals surface area contributed by atoms with Gasteiger partial charge in [-0.25, -0.2) is 9.18 Å². The lowest BCUT2D eigenvalue weighted by Gasteiger charge is -2.27. The lowest BCUT2D eigenvalue weighted by Crippen LogP contribution is -2.49. The Bertz CT molecular complexity index is 552. The molecule has 0 saturated carbocycles. The molecule has 0 spiro atoms. The van der Waals surface area contributed by atoms with Crippen LogP contribution in [0.4, 0.5) is 14.9 Å². The van der Waals surface area contributed by atoms with Gasteiger partial charge in [0.15, 0.2) is 0 Å². The number of anilines is 1. The van der Waals surface area contributed by atoms with Crippen LogP contribution in [0.2, 0.25) is 0 Å². The molecule has 1 aliphatic rings. The summed E-state index contributed by atoms with van der Waals surface area (Å²) in [7, 11) is 0. The molecule has 0 unspecified atom stereocenters. The van der Waals surface area contributed by atoms with E-state index in [1.54, 1.807) is 26.8 Å². The molecule has 0 saturated heterocycles. The third kappa shape index (κ3) is 3.46. The monoisotopic (exact) mass is 280 g/mol. The fraction of sp³-hybridized carbons (Fsp3) is 0.429. The molecule has 20 heavy (non-hydrogen) atoms. The minimum Gasteiger partial charge on any atom is -0.444 e. The molecule has 2 amide bonds. The number of halogens is 1. The van der Waals surface area contributed by atoms with E-state index in [-0.39, 0.29) is 5.91 Å². The van der Waals surface area contributed by atoms with Crippen molar-refractivity contribution in [3.8, 4) is 0 Å². The molecule has 1 aliphatic heterocycles. The van der Waals surface area contributed by atoms with E-state index in [2.05, 4.69) is 10.6 Å². The van der Waals surface area contributed by atoms with Gasteiger partial charge in [-0.15, -0.1) is 0 Å². The van der Waals surface area contributed by atoms with E-state index in [9.17, 15) is 14.0 Å². The molecule has 1 atom stereocenters. The van der Waals surface area contributed by atoms with Gasteiger partial charge in [-0.1, -0.05) is 6.07 Å². The summed E-state index contributed by atoms with van der Waals surface area (Å²) < 4.78 is 18.2. The lowest BCUT2D eigenvalue weighted by atomic mass is 9.99. The third-order valence-electron chi connectivity index (χ3n) is 2.76. The lowest BCUT2D eigenvalue weighted by molar-refractivity contribution is -0.118. The van der Waals surface area contributed by atoms with Gasteiger partial charge < -0.3 is 15.4 Å². The molecule has 5 nitrogen and oxygen atoms in total. The highest BCUT2D eigenvalue weighted by Gasteiger charge is 2.29. The van der Waals surface area contributed by atoms with Crippen LogP contribution in [0.15, 0.2) is 18.2 Å². The number of fused-ring (bicyclic) bond motifs is 1. The Kier molecular flexibility index (Phi) is 3.65. The van der Waals surface area contributed by atoms with E-state index in [0.717, 1.165) is 5.56 Å². The predicted octanol–water partition coefficient (Wildman–Crippen LogP) is 2.21. The Hall–Kier alpha value is -2.11. The Balaban J connectivity index is 2.06. The standard InChI is InChI=1S/C14H17FN2O3/c1-14(2,3)20-13(19)17-11-6-8-4-5-9(15)7-10(8)16-12(11)18/h4-5,7,11H,6H2,1-3H3,(H,16,18)(H,17,19)/t11-/m1/s1. The Morgan fingerprint density at radius 1 is 1.45 bits per heavy atom. The van der Waals surface area contributed by atoms with Gasteiger partial charge in [0, 0.05) is 12.1 Å². The molecule has 6 heteroatoms. The van der Waals surface area contributed by atoms with Crippen molar-refractivity contribution in [3.05, 3.63) is 29.6 Å². The average Bonchev–Trinajstić information content (AvgIpc) is 2.28. The molecule has 2 N–H and O–H groups in total. The first kappa shape index (κ1) is 14.3. The van der Waals surface area contributed by atoms with Crippen molar-refractivity contribution in [1.82, 2.24) is 5.32 Å². The first-order valence-corrected chi connectivity index (χ1v) is 6.33. The smallest absolute Gasteiger partial charge is 0.408 e. The van der Waals surface area contributed by atoms with Crippen molar-refractivity contribution in [2.75, 3.05) is 5.32 Å². The maximum atomic E-state index is 13.1. The van der Waals surface area contributed by atoms with Crippen LogP contribution in [0.1, 0.15) is 26.3 Å². The number of alkyl carbamates (subject to hydrolysis) is 1. The van der Waals surface area contributed by atoms with Crippen LogP contribution in [0, 0.1) is 5.82 Å². The van der Waals surface area contributed by atoms with E-state index in [4.69, 9.17) is 4.74 Å². The summed E-state index contributed by atoms with van der Waals surface area (Å²) in [6.45, 7) is 5.22. The van der Waals surface area contributed by atoms with E-state index < -0.39 is 23.6 Å². The van der Waals surface area contributed by atoms with E-state index in [1.807, 2.05) is 0 Å². The van der Waals surface area contributed by atoms with Crippen LogP contribution >= 0.6 is 0 Å². The van der Waals surface area contributed by atoms with E-state index in [1.165, 1.54) is 12.1 Å². The highest BCUT2D eigenvalue weighted by atomic mass is 19.1. The molecule has 2 rings (SSSR count). The van der Waals surface area contributed by atoms with Crippen LogP contribution in [-0.2, 0) is 16.0 Å². The Labute approximate surface area is 116 Å². The largest absolute Gasteiger partial charge is 0.444 e. The molecule has 0 bridgehead atoms. The second kappa shape index (κ2) is 5.11. The molecular weight excluding hydrogens is 263 g/mol. The number of nitrogens with one attached hydrogen (secondary N) is 2. The first-order valence-electron chi connectivity index (χ1n) is 6.33. The molecule has 1 heterocycles. The highest BCUT2D eigenvalue weighted by molar-refractivity contribution is 5.99. The van der Waals surface area contributed by atoms with E-state index >= 15 is 0 Å². The van der Waals surface area contributed by atoms with Gasteiger partial charge in [-0.05, 0) is 38.5 Å². The van der Waals surface area contributed by atoms with Crippen molar-refractivity contribution in [2.45, 2.75) is 38.8 Å². The number of carbonyl (C=O) groups excluding carboxylic acids is 2. The molecule has 1 aromatic rings. The predicted molar refractivity (Wildman–Crippen MR) is 71.9 cm³/mol. The van der Waals surface area contributed by atoms with Crippen LogP contribution in [0.3, 0.4) is 0 Å². The topological polar surface area (TPSA) is 67.4 Å². The zero-order valence-electron chi connectivity index (χ0n) is 11.6. The third-order valence-corrected chi connectivity index (χ3v) is 2.76. The SMILES string of the molecule is CC(C)(C)OC(=O)N[C@@H]1Cc2ccc(F)cc2NC1=O. The van der Waals surface area contributed by atoms with Gasteiger partial charge in [-0.2, -0.15) is 0 Å². The first-order chi connectivity index (χ1) is 9.24. The summed E-state index contributed by atoms with van der Waals surface area (Å²) in [4.78, 5) is 23.5. The van der Waals surface area contributed by atoms with Crippen molar-refractivity contribution in [3.63, 3.8) is 0 Å². The summed E-state index contributed by atoms with van der Waals surface area (Å²) in [5, 5.41) is 5.08. The minimum absolute atomic E-state index is 0.306. The quantitative estimate of drug-likeness (QED) is 0.828. The Morgan fingerprint density at radius 2 is 2.15 bits per heavy atom. The fourth-order valence-electron chi connectivity index (χ4n) is 1.94. The molecule has 0 aliphatic carbocycles. The van der Waals surface area contributed by atoms with Crippen LogP contribution in [0.25, 0.3) is 0 Å². The van der Waals surface area contributed by atoms with Crippen molar-refractivity contribution < 1.29 is 18.7 Å². The number of carbonyl (C=O) groups is 2. The van der Waals surface area contributed by atoms with Crippen molar-refractivity contribution >= 4 is 17.7 Å². The number of benzene rings is 1. The van der Waals surface area contributed by atoms with Gasteiger partial charge in [0.1, 0.15) is 17.5 Å². The average molecular weight is 280 g/mol. The number of amides is 2.